The summed E-state index contributed by atoms with van der Waals surface area (Å²) in [6.07, 6.45) is 2.12. The zero-order chi connectivity index (χ0) is 22.5. The molecule has 1 N–H and O–H groups in total. The molecular formula is C23H27N3O5S. The van der Waals surface area contributed by atoms with Crippen molar-refractivity contribution in [2.45, 2.75) is 37.0 Å². The van der Waals surface area contributed by atoms with Crippen LogP contribution in [0.25, 0.3) is 0 Å². The van der Waals surface area contributed by atoms with E-state index in [2.05, 4.69) is 23.5 Å². The molecule has 1 saturated heterocycles. The zero-order valence-electron chi connectivity index (χ0n) is 18.3. The van der Waals surface area contributed by atoms with E-state index in [-0.39, 0.29) is 23.0 Å². The molecule has 9 heteroatoms. The van der Waals surface area contributed by atoms with Crippen molar-refractivity contribution in [3.63, 3.8) is 0 Å². The molecule has 0 radical (unpaired) electrons. The van der Waals surface area contributed by atoms with Crippen LogP contribution in [-0.2, 0) is 20.2 Å². The number of fused-ring (bicyclic) bond motifs is 2. The summed E-state index contributed by atoms with van der Waals surface area (Å²) in [6, 6.07) is 10.1. The molecule has 0 bridgehead atoms. The summed E-state index contributed by atoms with van der Waals surface area (Å²) in [5.41, 5.74) is 1.99. The molecule has 3 heterocycles. The highest BCUT2D eigenvalue weighted by atomic mass is 32.2. The number of rotatable bonds is 5. The van der Waals surface area contributed by atoms with E-state index in [9.17, 15) is 13.2 Å². The van der Waals surface area contributed by atoms with Crippen LogP contribution >= 0.6 is 0 Å². The van der Waals surface area contributed by atoms with Crippen LogP contribution in [0.4, 0.5) is 11.4 Å². The van der Waals surface area contributed by atoms with Crippen molar-refractivity contribution in [3.8, 4) is 11.5 Å². The minimum Gasteiger partial charge on any atom is -0.454 e. The molecular weight excluding hydrogens is 430 g/mol. The molecule has 32 heavy (non-hydrogen) atoms. The average molecular weight is 458 g/mol. The average Bonchev–Trinajstić information content (AvgIpc) is 3.47. The van der Waals surface area contributed by atoms with Gasteiger partial charge in [-0.05, 0) is 48.7 Å². The Morgan fingerprint density at radius 1 is 1.06 bits per heavy atom. The highest BCUT2D eigenvalue weighted by molar-refractivity contribution is 7.92. The Morgan fingerprint density at radius 2 is 1.81 bits per heavy atom. The lowest BCUT2D eigenvalue weighted by atomic mass is 9.87. The van der Waals surface area contributed by atoms with Gasteiger partial charge in [0, 0.05) is 36.8 Å². The fourth-order valence-corrected chi connectivity index (χ4v) is 5.77. The van der Waals surface area contributed by atoms with Gasteiger partial charge in [-0.25, -0.2) is 8.42 Å². The second kappa shape index (κ2) is 7.58. The second-order valence-corrected chi connectivity index (χ2v) is 10.9. The number of hydrogen-bond acceptors (Lipinski definition) is 6. The Hall–Kier alpha value is -2.94. The van der Waals surface area contributed by atoms with Crippen LogP contribution < -0.4 is 19.1 Å². The van der Waals surface area contributed by atoms with Crippen molar-refractivity contribution in [1.29, 1.82) is 0 Å². The lowest BCUT2D eigenvalue weighted by Crippen LogP contribution is -2.40. The van der Waals surface area contributed by atoms with Crippen LogP contribution in [-0.4, -0.2) is 52.2 Å². The molecule has 3 aliphatic rings. The number of nitrogens with one attached hydrogen (secondary N) is 1. The zero-order valence-corrected chi connectivity index (χ0v) is 19.1. The van der Waals surface area contributed by atoms with E-state index in [4.69, 9.17) is 9.47 Å². The topological polar surface area (TPSA) is 88.2 Å². The molecule has 1 amide bonds. The van der Waals surface area contributed by atoms with Gasteiger partial charge in [-0.15, -0.1) is 0 Å². The number of nitrogens with zero attached hydrogens (tertiary/aromatic N) is 2. The van der Waals surface area contributed by atoms with Crippen molar-refractivity contribution < 1.29 is 22.7 Å². The molecule has 1 fully saturated rings. The minimum atomic E-state index is -3.80. The van der Waals surface area contributed by atoms with Crippen molar-refractivity contribution in [2.24, 2.45) is 0 Å². The first-order chi connectivity index (χ1) is 15.2. The quantitative estimate of drug-likeness (QED) is 0.743. The Balaban J connectivity index is 1.39. The summed E-state index contributed by atoms with van der Waals surface area (Å²) in [4.78, 5) is 16.9. The molecule has 0 saturated carbocycles. The fourth-order valence-electron chi connectivity index (χ4n) is 4.69. The first-order valence-corrected chi connectivity index (χ1v) is 12.3. The van der Waals surface area contributed by atoms with E-state index in [0.717, 1.165) is 37.2 Å². The summed E-state index contributed by atoms with van der Waals surface area (Å²) >= 11 is 0. The van der Waals surface area contributed by atoms with Gasteiger partial charge in [0.1, 0.15) is 0 Å². The lowest BCUT2D eigenvalue weighted by Gasteiger charge is -2.24. The normalized spacial score (nSPS) is 18.7. The van der Waals surface area contributed by atoms with Crippen LogP contribution in [0.1, 0.15) is 32.3 Å². The van der Waals surface area contributed by atoms with E-state index in [1.807, 2.05) is 11.0 Å². The lowest BCUT2D eigenvalue weighted by molar-refractivity contribution is -0.128. The smallest absolute Gasteiger partial charge is 0.261 e. The number of ether oxygens (including phenoxy) is 2. The van der Waals surface area contributed by atoms with Crippen molar-refractivity contribution in [2.75, 3.05) is 42.6 Å². The Morgan fingerprint density at radius 3 is 2.59 bits per heavy atom. The fraction of sp³-hybridized carbons (Fsp3) is 0.435. The van der Waals surface area contributed by atoms with E-state index in [1.54, 1.807) is 30.3 Å². The van der Waals surface area contributed by atoms with Gasteiger partial charge in [0.15, 0.2) is 11.5 Å². The van der Waals surface area contributed by atoms with Gasteiger partial charge < -0.3 is 19.3 Å². The number of likely N-dealkylation sites (tertiary alicyclic amines) is 1. The molecule has 0 spiro atoms. The largest absolute Gasteiger partial charge is 0.454 e. The molecule has 2 aromatic carbocycles. The van der Waals surface area contributed by atoms with Gasteiger partial charge in [-0.1, -0.05) is 13.8 Å². The summed E-state index contributed by atoms with van der Waals surface area (Å²) < 4.78 is 39.4. The maximum Gasteiger partial charge on any atom is 0.261 e. The van der Waals surface area contributed by atoms with Crippen molar-refractivity contribution in [1.82, 2.24) is 4.90 Å². The van der Waals surface area contributed by atoms with Gasteiger partial charge in [0.25, 0.3) is 10.0 Å². The number of amides is 1. The molecule has 8 nitrogen and oxygen atoms in total. The highest BCUT2D eigenvalue weighted by Crippen LogP contribution is 2.42. The Labute approximate surface area is 188 Å². The molecule has 0 unspecified atom stereocenters. The molecule has 0 atom stereocenters. The summed E-state index contributed by atoms with van der Waals surface area (Å²) in [5, 5.41) is 0. The minimum absolute atomic E-state index is 0.127. The van der Waals surface area contributed by atoms with E-state index in [0.29, 0.717) is 30.3 Å². The molecule has 0 aliphatic carbocycles. The summed E-state index contributed by atoms with van der Waals surface area (Å²) in [6.45, 7) is 6.92. The molecule has 2 aromatic rings. The number of anilines is 2. The number of carbonyl (C=O) groups excluding carboxylic acids is 1. The van der Waals surface area contributed by atoms with Crippen LogP contribution in [0.2, 0.25) is 0 Å². The highest BCUT2D eigenvalue weighted by Gasteiger charge is 2.37. The molecule has 5 rings (SSSR count). The van der Waals surface area contributed by atoms with E-state index < -0.39 is 10.0 Å². The molecule has 3 aliphatic heterocycles. The van der Waals surface area contributed by atoms with Crippen LogP contribution in [0.3, 0.4) is 0 Å². The Kier molecular flexibility index (Phi) is 4.96. The van der Waals surface area contributed by atoms with Gasteiger partial charge in [0.05, 0.1) is 17.1 Å². The van der Waals surface area contributed by atoms with Gasteiger partial charge in [-0.2, -0.15) is 0 Å². The number of carbonyl (C=O) groups is 1. The third-order valence-electron chi connectivity index (χ3n) is 6.34. The second-order valence-electron chi connectivity index (χ2n) is 9.18. The maximum atomic E-state index is 13.1. The monoisotopic (exact) mass is 457 g/mol. The number of sulfonamides is 1. The van der Waals surface area contributed by atoms with Crippen molar-refractivity contribution in [3.05, 3.63) is 42.0 Å². The van der Waals surface area contributed by atoms with Gasteiger partial charge in [-0.3, -0.25) is 9.52 Å². The third kappa shape index (κ3) is 3.74. The molecule has 170 valence electrons. The first kappa shape index (κ1) is 20.9. The summed E-state index contributed by atoms with van der Waals surface area (Å²) in [5.74, 6) is 1.24. The van der Waals surface area contributed by atoms with Gasteiger partial charge in [0.2, 0.25) is 12.7 Å². The summed E-state index contributed by atoms with van der Waals surface area (Å²) in [7, 11) is -3.80. The first-order valence-electron chi connectivity index (χ1n) is 10.8. The van der Waals surface area contributed by atoms with E-state index in [1.165, 1.54) is 0 Å². The number of benzene rings is 2. The Bertz CT molecular complexity index is 1170. The maximum absolute atomic E-state index is 13.1. The van der Waals surface area contributed by atoms with E-state index >= 15 is 0 Å². The standard InChI is InChI=1S/C23H27N3O5S/c1-23(2)14-26(13-22(27)25-9-3-4-10-25)19-7-6-17(12-18(19)23)32(28,29)24-16-5-8-20-21(11-16)31-15-30-20/h5-8,11-12,24H,3-4,9-10,13-15H2,1-2H3. The van der Waals surface area contributed by atoms with Crippen molar-refractivity contribution >= 4 is 27.3 Å². The van der Waals surface area contributed by atoms with Crippen LogP contribution in [0.5, 0.6) is 11.5 Å². The van der Waals surface area contributed by atoms with Crippen LogP contribution in [0.15, 0.2) is 41.3 Å². The van der Waals surface area contributed by atoms with Gasteiger partial charge >= 0.3 is 0 Å². The predicted molar refractivity (Wildman–Crippen MR) is 121 cm³/mol. The SMILES string of the molecule is CC1(C)CN(CC(=O)N2CCCC2)c2ccc(S(=O)(=O)Nc3ccc4c(c3)OCO4)cc21. The number of hydrogen-bond donors (Lipinski definition) is 1. The van der Waals surface area contributed by atoms with Crippen LogP contribution in [0, 0.1) is 0 Å². The third-order valence-corrected chi connectivity index (χ3v) is 7.72. The molecule has 0 aromatic heterocycles. The predicted octanol–water partition coefficient (Wildman–Crippen LogP) is 2.94.